The van der Waals surface area contributed by atoms with E-state index < -0.39 is 0 Å². The van der Waals surface area contributed by atoms with Gasteiger partial charge >= 0.3 is 0 Å². The molecule has 1 heterocycles. The van der Waals surface area contributed by atoms with Crippen LogP contribution in [-0.2, 0) is 0 Å². The molecular formula is C17H21ClN4O2. The molecule has 0 saturated heterocycles. The molecule has 1 amide bonds. The Hall–Kier alpha value is -2.34. The fourth-order valence-electron chi connectivity index (χ4n) is 2.09. The van der Waals surface area contributed by atoms with Crippen LogP contribution in [0.25, 0.3) is 0 Å². The summed E-state index contributed by atoms with van der Waals surface area (Å²) in [5.74, 6) is 0.713. The van der Waals surface area contributed by atoms with Crippen molar-refractivity contribution in [1.29, 1.82) is 0 Å². The third-order valence-electron chi connectivity index (χ3n) is 3.36. The summed E-state index contributed by atoms with van der Waals surface area (Å²) in [6.07, 6.45) is 4.71. The van der Waals surface area contributed by atoms with Gasteiger partial charge in [0.1, 0.15) is 11.4 Å². The fourth-order valence-corrected chi connectivity index (χ4v) is 2.34. The molecule has 0 fully saturated rings. The molecule has 6 nitrogen and oxygen atoms in total. The first-order valence-electron chi connectivity index (χ1n) is 7.86. The number of carbonyl (C=O) groups is 1. The van der Waals surface area contributed by atoms with Crippen molar-refractivity contribution in [2.45, 2.75) is 26.2 Å². The molecule has 0 radical (unpaired) electrons. The molecule has 0 bridgehead atoms. The summed E-state index contributed by atoms with van der Waals surface area (Å²) in [6.45, 7) is 2.77. The smallest absolute Gasteiger partial charge is 0.270 e. The molecule has 0 saturated carbocycles. The van der Waals surface area contributed by atoms with Crippen LogP contribution in [0.2, 0.25) is 5.02 Å². The van der Waals surface area contributed by atoms with Gasteiger partial charge in [0.15, 0.2) is 0 Å². The van der Waals surface area contributed by atoms with Gasteiger partial charge in [-0.05, 0) is 30.7 Å². The number of hydrogen-bond donors (Lipinski definition) is 2. The third-order valence-corrected chi connectivity index (χ3v) is 3.66. The first-order chi connectivity index (χ1) is 11.6. The molecule has 1 aromatic heterocycles. The maximum atomic E-state index is 12.1. The van der Waals surface area contributed by atoms with Crippen molar-refractivity contribution in [3.8, 4) is 5.75 Å². The number of amides is 1. The van der Waals surface area contributed by atoms with Gasteiger partial charge in [0, 0.05) is 18.4 Å². The first-order valence-corrected chi connectivity index (χ1v) is 8.23. The number of hydrogen-bond acceptors (Lipinski definition) is 5. The third kappa shape index (κ3) is 5.09. The van der Waals surface area contributed by atoms with Gasteiger partial charge < -0.3 is 15.4 Å². The molecular weight excluding hydrogens is 328 g/mol. The molecule has 2 aromatic rings. The van der Waals surface area contributed by atoms with Crippen LogP contribution in [0.15, 0.2) is 30.5 Å². The lowest BCUT2D eigenvalue weighted by atomic mass is 10.2. The summed E-state index contributed by atoms with van der Waals surface area (Å²) in [5.41, 5.74) is 1.03. The number of halogens is 1. The number of nitrogens with one attached hydrogen (secondary N) is 2. The van der Waals surface area contributed by atoms with Crippen LogP contribution in [0.1, 0.15) is 36.7 Å². The Morgan fingerprint density at radius 2 is 2.12 bits per heavy atom. The predicted molar refractivity (Wildman–Crippen MR) is 95.2 cm³/mol. The Morgan fingerprint density at radius 3 is 2.83 bits per heavy atom. The SMILES string of the molecule is CCCCCNC(=O)c1ccnc(Nc2ccc(OC)c(Cl)c2)n1. The molecule has 7 heteroatoms. The Morgan fingerprint density at radius 1 is 1.29 bits per heavy atom. The van der Waals surface area contributed by atoms with Crippen LogP contribution in [-0.4, -0.2) is 29.5 Å². The molecule has 0 atom stereocenters. The van der Waals surface area contributed by atoms with Crippen molar-refractivity contribution in [2.75, 3.05) is 19.0 Å². The average Bonchev–Trinajstić information content (AvgIpc) is 2.59. The van der Waals surface area contributed by atoms with Gasteiger partial charge in [0.25, 0.3) is 5.91 Å². The highest BCUT2D eigenvalue weighted by Crippen LogP contribution is 2.28. The standard InChI is InChI=1S/C17H21ClN4O2/c1-3-4-5-9-19-16(23)14-8-10-20-17(22-14)21-12-6-7-15(24-2)13(18)11-12/h6-8,10-11H,3-5,9H2,1-2H3,(H,19,23)(H,20,21,22). The van der Waals surface area contributed by atoms with E-state index in [2.05, 4.69) is 27.5 Å². The van der Waals surface area contributed by atoms with E-state index in [1.54, 1.807) is 37.6 Å². The monoisotopic (exact) mass is 348 g/mol. The van der Waals surface area contributed by atoms with Crippen molar-refractivity contribution >= 4 is 29.1 Å². The van der Waals surface area contributed by atoms with Gasteiger partial charge in [0.2, 0.25) is 5.95 Å². The van der Waals surface area contributed by atoms with Gasteiger partial charge in [-0.3, -0.25) is 4.79 Å². The van der Waals surface area contributed by atoms with Crippen molar-refractivity contribution in [3.63, 3.8) is 0 Å². The van der Waals surface area contributed by atoms with Crippen LogP contribution >= 0.6 is 11.6 Å². The number of benzene rings is 1. The number of nitrogens with zero attached hydrogens (tertiary/aromatic N) is 2. The predicted octanol–water partition coefficient (Wildman–Crippen LogP) is 3.80. The van der Waals surface area contributed by atoms with E-state index >= 15 is 0 Å². The first kappa shape index (κ1) is 18.0. The quantitative estimate of drug-likeness (QED) is 0.709. The topological polar surface area (TPSA) is 76.1 Å². The van der Waals surface area contributed by atoms with Crippen LogP contribution in [0, 0.1) is 0 Å². The highest BCUT2D eigenvalue weighted by molar-refractivity contribution is 6.32. The number of carbonyl (C=O) groups excluding carboxylic acids is 1. The summed E-state index contributed by atoms with van der Waals surface area (Å²) in [5, 5.41) is 6.36. The fraction of sp³-hybridized carbons (Fsp3) is 0.353. The molecule has 2 N–H and O–H groups in total. The molecule has 0 spiro atoms. The normalized spacial score (nSPS) is 10.3. The Labute approximate surface area is 146 Å². The zero-order valence-corrected chi connectivity index (χ0v) is 14.6. The maximum Gasteiger partial charge on any atom is 0.270 e. The lowest BCUT2D eigenvalue weighted by Gasteiger charge is -2.09. The average molecular weight is 349 g/mol. The van der Waals surface area contributed by atoms with Crippen LogP contribution in [0.3, 0.4) is 0 Å². The highest BCUT2D eigenvalue weighted by Gasteiger charge is 2.09. The molecule has 0 aliphatic rings. The molecule has 0 aliphatic heterocycles. The lowest BCUT2D eigenvalue weighted by molar-refractivity contribution is 0.0948. The van der Waals surface area contributed by atoms with E-state index in [1.165, 1.54) is 0 Å². The largest absolute Gasteiger partial charge is 0.495 e. The lowest BCUT2D eigenvalue weighted by Crippen LogP contribution is -2.25. The summed E-state index contributed by atoms with van der Waals surface area (Å²) < 4.78 is 5.11. The summed E-state index contributed by atoms with van der Waals surface area (Å²) in [6, 6.07) is 6.84. The molecule has 0 unspecified atom stereocenters. The molecule has 0 aliphatic carbocycles. The minimum Gasteiger partial charge on any atom is -0.495 e. The Kier molecular flexibility index (Phi) is 6.81. The molecule has 128 valence electrons. The second-order valence-corrected chi connectivity index (χ2v) is 5.61. The Balaban J connectivity index is 2.02. The van der Waals surface area contributed by atoms with Crippen molar-refractivity contribution < 1.29 is 9.53 Å². The van der Waals surface area contributed by atoms with Gasteiger partial charge in [-0.2, -0.15) is 0 Å². The number of aromatic nitrogens is 2. The minimum atomic E-state index is -0.204. The number of unbranched alkanes of at least 4 members (excludes halogenated alkanes) is 2. The van der Waals surface area contributed by atoms with Crippen LogP contribution < -0.4 is 15.4 Å². The van der Waals surface area contributed by atoms with Gasteiger partial charge in [-0.1, -0.05) is 31.4 Å². The van der Waals surface area contributed by atoms with Crippen molar-refractivity contribution in [2.24, 2.45) is 0 Å². The summed E-state index contributed by atoms with van der Waals surface area (Å²) in [4.78, 5) is 20.4. The van der Waals surface area contributed by atoms with E-state index in [1.807, 2.05) is 0 Å². The highest BCUT2D eigenvalue weighted by atomic mass is 35.5. The van der Waals surface area contributed by atoms with E-state index in [0.717, 1.165) is 19.3 Å². The van der Waals surface area contributed by atoms with Gasteiger partial charge in [-0.25, -0.2) is 9.97 Å². The number of methoxy groups -OCH3 is 1. The van der Waals surface area contributed by atoms with E-state index in [0.29, 0.717) is 34.6 Å². The number of rotatable bonds is 8. The zero-order chi connectivity index (χ0) is 17.4. The number of ether oxygens (including phenoxy) is 1. The molecule has 2 rings (SSSR count). The number of anilines is 2. The summed E-state index contributed by atoms with van der Waals surface area (Å²) in [7, 11) is 1.56. The second kappa shape index (κ2) is 9.08. The van der Waals surface area contributed by atoms with E-state index in [4.69, 9.17) is 16.3 Å². The Bertz CT molecular complexity index is 694. The molecule has 24 heavy (non-hydrogen) atoms. The van der Waals surface area contributed by atoms with E-state index in [-0.39, 0.29) is 5.91 Å². The van der Waals surface area contributed by atoms with Gasteiger partial charge in [-0.15, -0.1) is 0 Å². The van der Waals surface area contributed by atoms with Crippen molar-refractivity contribution in [1.82, 2.24) is 15.3 Å². The van der Waals surface area contributed by atoms with E-state index in [9.17, 15) is 4.79 Å². The van der Waals surface area contributed by atoms with Crippen molar-refractivity contribution in [3.05, 3.63) is 41.2 Å². The molecule has 1 aromatic carbocycles. The second-order valence-electron chi connectivity index (χ2n) is 5.20. The zero-order valence-electron chi connectivity index (χ0n) is 13.8. The van der Waals surface area contributed by atoms with Crippen LogP contribution in [0.5, 0.6) is 5.75 Å². The summed E-state index contributed by atoms with van der Waals surface area (Å²) >= 11 is 6.09. The van der Waals surface area contributed by atoms with Crippen LogP contribution in [0.4, 0.5) is 11.6 Å². The minimum absolute atomic E-state index is 0.204. The van der Waals surface area contributed by atoms with Gasteiger partial charge in [0.05, 0.1) is 12.1 Å². The maximum absolute atomic E-state index is 12.1.